The van der Waals surface area contributed by atoms with Crippen molar-refractivity contribution in [3.05, 3.63) is 24.3 Å². The van der Waals surface area contributed by atoms with E-state index in [0.717, 1.165) is 4.90 Å². The van der Waals surface area contributed by atoms with Gasteiger partial charge in [0.25, 0.3) is 0 Å². The van der Waals surface area contributed by atoms with Crippen LogP contribution in [0.25, 0.3) is 0 Å². The van der Waals surface area contributed by atoms with Crippen molar-refractivity contribution < 1.29 is 23.4 Å². The quantitative estimate of drug-likeness (QED) is 0.470. The molecule has 0 heterocycles. The molecule has 0 saturated heterocycles. The van der Waals surface area contributed by atoms with Crippen LogP contribution >= 0.6 is 11.8 Å². The molecule has 4 N–H and O–H groups in total. The number of rotatable bonds is 9. The van der Waals surface area contributed by atoms with Crippen LogP contribution in [0.5, 0.6) is 0 Å². The first kappa shape index (κ1) is 20.8. The second-order valence-electron chi connectivity index (χ2n) is 5.99. The number of carbonyl (C=O) groups excluding carboxylic acids is 1. The molecular weight excluding hydrogens is 352 g/mol. The smallest absolute Gasteiger partial charge is 0.249 e. The number of benzene rings is 1. The fourth-order valence-corrected chi connectivity index (χ4v) is 3.11. The van der Waals surface area contributed by atoms with Crippen LogP contribution in [0, 0.1) is 5.41 Å². The highest BCUT2D eigenvalue weighted by atomic mass is 32.2. The van der Waals surface area contributed by atoms with E-state index in [1.54, 1.807) is 36.0 Å². The number of hydrogen-bond acceptors (Lipinski definition) is 6. The Morgan fingerprint density at radius 1 is 1.29 bits per heavy atom. The van der Waals surface area contributed by atoms with Crippen molar-refractivity contribution >= 4 is 33.4 Å². The van der Waals surface area contributed by atoms with Gasteiger partial charge in [-0.3, -0.25) is 9.52 Å². The van der Waals surface area contributed by atoms with Crippen LogP contribution in [0.4, 0.5) is 5.69 Å². The van der Waals surface area contributed by atoms with E-state index >= 15 is 0 Å². The molecule has 136 valence electrons. The monoisotopic (exact) mass is 376 g/mol. The molecule has 0 fully saturated rings. The summed E-state index contributed by atoms with van der Waals surface area (Å²) in [5.74, 6) is -1.04. The molecule has 24 heavy (non-hydrogen) atoms. The molecule has 1 unspecified atom stereocenters. The first-order valence-corrected chi connectivity index (χ1v) is 10.2. The van der Waals surface area contributed by atoms with Gasteiger partial charge in [0.1, 0.15) is 6.10 Å². The molecule has 0 saturated carbocycles. The Morgan fingerprint density at radius 2 is 1.88 bits per heavy atom. The molecule has 1 atom stereocenters. The normalized spacial score (nSPS) is 13.4. The lowest BCUT2D eigenvalue weighted by Gasteiger charge is -2.27. The summed E-state index contributed by atoms with van der Waals surface area (Å²) in [6.07, 6.45) is 0.506. The molecule has 0 aliphatic heterocycles. The minimum atomic E-state index is -3.62. The Bertz CT molecular complexity index is 644. The molecule has 0 aliphatic carbocycles. The Hall–Kier alpha value is -1.29. The van der Waals surface area contributed by atoms with Crippen molar-refractivity contribution in [2.45, 2.75) is 24.8 Å². The zero-order chi connectivity index (χ0) is 18.4. The number of nitrogens with one attached hydrogen (secondary N) is 2. The van der Waals surface area contributed by atoms with Gasteiger partial charge in [0, 0.05) is 22.5 Å². The summed E-state index contributed by atoms with van der Waals surface area (Å²) in [6, 6.07) is 6.93. The molecular formula is C15H24N2O5S2. The summed E-state index contributed by atoms with van der Waals surface area (Å²) in [5, 5.41) is 21.3. The number of hydrogen-bond donors (Lipinski definition) is 4. The van der Waals surface area contributed by atoms with Gasteiger partial charge >= 0.3 is 0 Å². The standard InChI is InChI=1S/C15H24N2O5S2/c1-15(2,10-18)13(19)14(20)16-8-9-24(21,22)17-11-4-6-12(23-3)7-5-11/h4-7,13,17-19H,8-10H2,1-3H3,(H,16,20). The van der Waals surface area contributed by atoms with Gasteiger partial charge in [0.15, 0.2) is 0 Å². The lowest BCUT2D eigenvalue weighted by atomic mass is 9.87. The highest BCUT2D eigenvalue weighted by Gasteiger charge is 2.32. The van der Waals surface area contributed by atoms with Gasteiger partial charge in [0.2, 0.25) is 15.9 Å². The van der Waals surface area contributed by atoms with Crippen molar-refractivity contribution in [2.24, 2.45) is 5.41 Å². The number of amides is 1. The van der Waals surface area contributed by atoms with Gasteiger partial charge in [-0.05, 0) is 30.5 Å². The van der Waals surface area contributed by atoms with E-state index < -0.39 is 27.4 Å². The second-order valence-corrected chi connectivity index (χ2v) is 8.71. The lowest BCUT2D eigenvalue weighted by molar-refractivity contribution is -0.136. The highest BCUT2D eigenvalue weighted by Crippen LogP contribution is 2.20. The average molecular weight is 377 g/mol. The summed E-state index contributed by atoms with van der Waals surface area (Å²) in [4.78, 5) is 12.8. The Labute approximate surface area is 146 Å². The number of aliphatic hydroxyl groups excluding tert-OH is 2. The van der Waals surface area contributed by atoms with E-state index in [1.165, 1.54) is 13.8 Å². The van der Waals surface area contributed by atoms with Crippen LogP contribution in [0.2, 0.25) is 0 Å². The molecule has 0 aliphatic rings. The summed E-state index contributed by atoms with van der Waals surface area (Å²) in [7, 11) is -3.62. The molecule has 1 aromatic carbocycles. The van der Waals surface area contributed by atoms with Crippen LogP contribution in [-0.4, -0.2) is 55.8 Å². The van der Waals surface area contributed by atoms with E-state index in [-0.39, 0.29) is 18.9 Å². The first-order valence-electron chi connectivity index (χ1n) is 7.32. The van der Waals surface area contributed by atoms with Crippen molar-refractivity contribution in [2.75, 3.05) is 29.9 Å². The molecule has 9 heteroatoms. The molecule has 0 bridgehead atoms. The summed E-state index contributed by atoms with van der Waals surface area (Å²) in [6.45, 7) is 2.56. The van der Waals surface area contributed by atoms with Gasteiger partial charge in [0.05, 0.1) is 12.4 Å². The molecule has 1 aromatic rings. The number of sulfonamides is 1. The summed E-state index contributed by atoms with van der Waals surface area (Å²) >= 11 is 1.55. The Morgan fingerprint density at radius 3 is 2.38 bits per heavy atom. The summed E-state index contributed by atoms with van der Waals surface area (Å²) < 4.78 is 26.4. The average Bonchev–Trinajstić information content (AvgIpc) is 2.54. The Balaban J connectivity index is 2.52. The van der Waals surface area contributed by atoms with E-state index in [0.29, 0.717) is 5.69 Å². The maximum atomic E-state index is 12.0. The third-order valence-corrected chi connectivity index (χ3v) is 5.46. The molecule has 7 nitrogen and oxygen atoms in total. The first-order chi connectivity index (χ1) is 11.1. The van der Waals surface area contributed by atoms with Crippen LogP contribution in [0.15, 0.2) is 29.2 Å². The zero-order valence-electron chi connectivity index (χ0n) is 13.9. The number of anilines is 1. The molecule has 0 radical (unpaired) electrons. The van der Waals surface area contributed by atoms with Gasteiger partial charge in [-0.1, -0.05) is 13.8 Å². The third kappa shape index (κ3) is 6.31. The fraction of sp³-hybridized carbons (Fsp3) is 0.533. The third-order valence-electron chi connectivity index (χ3n) is 3.43. The van der Waals surface area contributed by atoms with Crippen LogP contribution in [-0.2, 0) is 14.8 Å². The fourth-order valence-electron chi connectivity index (χ4n) is 1.74. The minimum Gasteiger partial charge on any atom is -0.396 e. The van der Waals surface area contributed by atoms with E-state index in [4.69, 9.17) is 5.11 Å². The maximum absolute atomic E-state index is 12.0. The minimum absolute atomic E-state index is 0.143. The van der Waals surface area contributed by atoms with Crippen LogP contribution < -0.4 is 10.0 Å². The van der Waals surface area contributed by atoms with Gasteiger partial charge in [-0.2, -0.15) is 0 Å². The Kier molecular flexibility index (Phi) is 7.53. The zero-order valence-corrected chi connectivity index (χ0v) is 15.6. The topological polar surface area (TPSA) is 116 Å². The number of carbonyl (C=O) groups is 1. The van der Waals surface area contributed by atoms with Crippen molar-refractivity contribution in [3.8, 4) is 0 Å². The van der Waals surface area contributed by atoms with Crippen molar-refractivity contribution in [1.29, 1.82) is 0 Å². The predicted octanol–water partition coefficient (Wildman–Crippen LogP) is 0.646. The molecule has 1 rings (SSSR count). The van der Waals surface area contributed by atoms with E-state index in [1.807, 2.05) is 6.26 Å². The molecule has 1 amide bonds. The molecule has 0 aromatic heterocycles. The highest BCUT2D eigenvalue weighted by molar-refractivity contribution is 7.98. The molecule has 0 spiro atoms. The van der Waals surface area contributed by atoms with Gasteiger partial charge < -0.3 is 15.5 Å². The largest absolute Gasteiger partial charge is 0.396 e. The number of thioether (sulfide) groups is 1. The van der Waals surface area contributed by atoms with Crippen LogP contribution in [0.3, 0.4) is 0 Å². The lowest BCUT2D eigenvalue weighted by Crippen LogP contribution is -2.46. The second kappa shape index (κ2) is 8.70. The van der Waals surface area contributed by atoms with Gasteiger partial charge in [-0.25, -0.2) is 8.42 Å². The van der Waals surface area contributed by atoms with Gasteiger partial charge in [-0.15, -0.1) is 11.8 Å². The van der Waals surface area contributed by atoms with Crippen molar-refractivity contribution in [1.82, 2.24) is 5.32 Å². The maximum Gasteiger partial charge on any atom is 0.249 e. The van der Waals surface area contributed by atoms with Crippen molar-refractivity contribution in [3.63, 3.8) is 0 Å². The van der Waals surface area contributed by atoms with E-state index in [9.17, 15) is 18.3 Å². The van der Waals surface area contributed by atoms with E-state index in [2.05, 4.69) is 10.0 Å². The predicted molar refractivity (Wildman–Crippen MR) is 95.5 cm³/mol. The SMILES string of the molecule is CSc1ccc(NS(=O)(=O)CCNC(=O)C(O)C(C)(C)CO)cc1. The van der Waals surface area contributed by atoms with Crippen LogP contribution in [0.1, 0.15) is 13.8 Å². The summed E-state index contributed by atoms with van der Waals surface area (Å²) in [5.41, 5.74) is -0.555. The number of aliphatic hydroxyl groups is 2.